The van der Waals surface area contributed by atoms with Crippen molar-refractivity contribution in [3.8, 4) is 0 Å². The lowest BCUT2D eigenvalue weighted by Gasteiger charge is -2.36. The summed E-state index contributed by atoms with van der Waals surface area (Å²) in [5, 5.41) is 9.88. The highest BCUT2D eigenvalue weighted by molar-refractivity contribution is 5.78. The molecule has 0 saturated carbocycles. The Hall–Kier alpha value is -0.610. The average molecular weight is 214 g/mol. The highest BCUT2D eigenvalue weighted by Crippen LogP contribution is 2.12. The monoisotopic (exact) mass is 214 g/mol. The average Bonchev–Trinajstić information content (AvgIpc) is 2.16. The molecule has 0 aromatic heterocycles. The molecule has 1 aliphatic heterocycles. The molecule has 0 radical (unpaired) electrons. The molecule has 1 fully saturated rings. The molecule has 88 valence electrons. The first-order chi connectivity index (χ1) is 7.04. The van der Waals surface area contributed by atoms with Crippen molar-refractivity contribution in [2.24, 2.45) is 5.92 Å². The van der Waals surface area contributed by atoms with Crippen molar-refractivity contribution in [1.29, 1.82) is 0 Å². The molecule has 1 saturated heterocycles. The van der Waals surface area contributed by atoms with Gasteiger partial charge in [-0.2, -0.15) is 0 Å². The zero-order chi connectivity index (χ0) is 11.4. The van der Waals surface area contributed by atoms with Crippen LogP contribution in [0.3, 0.4) is 0 Å². The Kier molecular flexibility index (Phi) is 4.54. The predicted molar refractivity (Wildman–Crippen MR) is 59.3 cm³/mol. The number of aliphatic hydroxyl groups is 1. The molecule has 0 aliphatic carbocycles. The minimum absolute atomic E-state index is 0.131. The Morgan fingerprint density at radius 2 is 2.07 bits per heavy atom. The third-order valence-corrected chi connectivity index (χ3v) is 2.83. The molecule has 1 amide bonds. The molecule has 4 nitrogen and oxygen atoms in total. The van der Waals surface area contributed by atoms with Crippen LogP contribution in [0.1, 0.15) is 27.2 Å². The van der Waals surface area contributed by atoms with E-state index in [4.69, 9.17) is 0 Å². The van der Waals surface area contributed by atoms with Crippen molar-refractivity contribution < 1.29 is 9.90 Å². The van der Waals surface area contributed by atoms with E-state index in [0.717, 1.165) is 26.1 Å². The molecule has 15 heavy (non-hydrogen) atoms. The number of aliphatic hydroxyl groups excluding tert-OH is 1. The number of hydrogen-bond donors (Lipinski definition) is 1. The van der Waals surface area contributed by atoms with Crippen LogP contribution < -0.4 is 0 Å². The minimum Gasteiger partial charge on any atom is -0.378 e. The van der Waals surface area contributed by atoms with E-state index in [1.54, 1.807) is 0 Å². The highest BCUT2D eigenvalue weighted by Gasteiger charge is 2.26. The zero-order valence-corrected chi connectivity index (χ0v) is 9.94. The topological polar surface area (TPSA) is 43.8 Å². The standard InChI is InChI=1S/C11H22N2O2/c1-4-12-5-6-13(8-11(12)15)10(14)7-9(2)3/h9-10,14H,4-8H2,1-3H3. The third kappa shape index (κ3) is 3.47. The summed E-state index contributed by atoms with van der Waals surface area (Å²) in [6.45, 7) is 8.80. The van der Waals surface area contributed by atoms with Crippen LogP contribution in [-0.4, -0.2) is 53.2 Å². The van der Waals surface area contributed by atoms with Crippen LogP contribution >= 0.6 is 0 Å². The van der Waals surface area contributed by atoms with E-state index in [1.807, 2.05) is 16.7 Å². The van der Waals surface area contributed by atoms with Crippen molar-refractivity contribution in [1.82, 2.24) is 9.80 Å². The van der Waals surface area contributed by atoms with Gasteiger partial charge in [0.05, 0.1) is 6.54 Å². The Labute approximate surface area is 91.9 Å². The van der Waals surface area contributed by atoms with Crippen LogP contribution in [-0.2, 0) is 4.79 Å². The molecule has 0 spiro atoms. The van der Waals surface area contributed by atoms with Crippen LogP contribution in [0.5, 0.6) is 0 Å². The van der Waals surface area contributed by atoms with E-state index >= 15 is 0 Å². The zero-order valence-electron chi connectivity index (χ0n) is 9.94. The van der Waals surface area contributed by atoms with Gasteiger partial charge in [-0.3, -0.25) is 9.69 Å². The van der Waals surface area contributed by atoms with Crippen LogP contribution in [0.15, 0.2) is 0 Å². The van der Waals surface area contributed by atoms with Crippen LogP contribution in [0.25, 0.3) is 0 Å². The number of likely N-dealkylation sites (N-methyl/N-ethyl adjacent to an activating group) is 1. The van der Waals surface area contributed by atoms with Gasteiger partial charge < -0.3 is 10.0 Å². The van der Waals surface area contributed by atoms with E-state index < -0.39 is 6.23 Å². The van der Waals surface area contributed by atoms with Gasteiger partial charge in [-0.1, -0.05) is 13.8 Å². The van der Waals surface area contributed by atoms with Gasteiger partial charge in [0.15, 0.2) is 0 Å². The van der Waals surface area contributed by atoms with Gasteiger partial charge in [-0.25, -0.2) is 0 Å². The Balaban J connectivity index is 2.43. The molecular formula is C11H22N2O2. The molecule has 1 rings (SSSR count). The number of hydrogen-bond acceptors (Lipinski definition) is 3. The molecule has 0 bridgehead atoms. The summed E-state index contributed by atoms with van der Waals surface area (Å²) in [5.41, 5.74) is 0. The quantitative estimate of drug-likeness (QED) is 0.742. The number of amides is 1. The molecule has 0 aromatic carbocycles. The first kappa shape index (κ1) is 12.5. The summed E-state index contributed by atoms with van der Waals surface area (Å²) in [6.07, 6.45) is 0.271. The van der Waals surface area contributed by atoms with E-state index in [2.05, 4.69) is 13.8 Å². The number of rotatable bonds is 4. The van der Waals surface area contributed by atoms with E-state index in [9.17, 15) is 9.90 Å². The van der Waals surface area contributed by atoms with Gasteiger partial charge in [0, 0.05) is 19.6 Å². The van der Waals surface area contributed by atoms with Crippen LogP contribution in [0.2, 0.25) is 0 Å². The molecule has 0 aromatic rings. The lowest BCUT2D eigenvalue weighted by atomic mass is 10.1. The highest BCUT2D eigenvalue weighted by atomic mass is 16.3. The first-order valence-corrected chi connectivity index (χ1v) is 5.74. The SMILES string of the molecule is CCN1CCN(C(O)CC(C)C)CC1=O. The summed E-state index contributed by atoms with van der Waals surface area (Å²) in [5.74, 6) is 0.589. The second-order valence-corrected chi connectivity index (χ2v) is 4.55. The summed E-state index contributed by atoms with van der Waals surface area (Å²) >= 11 is 0. The van der Waals surface area contributed by atoms with Crippen molar-refractivity contribution in [2.45, 2.75) is 33.4 Å². The summed E-state index contributed by atoms with van der Waals surface area (Å²) in [7, 11) is 0. The van der Waals surface area contributed by atoms with Gasteiger partial charge >= 0.3 is 0 Å². The molecule has 1 N–H and O–H groups in total. The van der Waals surface area contributed by atoms with E-state index in [0.29, 0.717) is 12.5 Å². The molecule has 1 aliphatic rings. The van der Waals surface area contributed by atoms with Gasteiger partial charge in [0.1, 0.15) is 6.23 Å². The lowest BCUT2D eigenvalue weighted by Crippen LogP contribution is -2.53. The van der Waals surface area contributed by atoms with Gasteiger partial charge in [-0.15, -0.1) is 0 Å². The largest absolute Gasteiger partial charge is 0.378 e. The second-order valence-electron chi connectivity index (χ2n) is 4.55. The first-order valence-electron chi connectivity index (χ1n) is 5.74. The van der Waals surface area contributed by atoms with E-state index in [1.165, 1.54) is 0 Å². The normalized spacial score (nSPS) is 21.1. The predicted octanol–water partition coefficient (Wildman–Crippen LogP) is 0.515. The number of piperazine rings is 1. The van der Waals surface area contributed by atoms with Crippen LogP contribution in [0.4, 0.5) is 0 Å². The second kappa shape index (κ2) is 5.47. The maximum absolute atomic E-state index is 11.6. The number of carbonyl (C=O) groups is 1. The Bertz CT molecular complexity index is 219. The lowest BCUT2D eigenvalue weighted by molar-refractivity contribution is -0.141. The molecule has 1 atom stereocenters. The molecular weight excluding hydrogens is 192 g/mol. The summed E-state index contributed by atoms with van der Waals surface area (Å²) < 4.78 is 0. The fourth-order valence-electron chi connectivity index (χ4n) is 1.89. The fraction of sp³-hybridized carbons (Fsp3) is 0.909. The van der Waals surface area contributed by atoms with Gasteiger partial charge in [0.25, 0.3) is 0 Å². The van der Waals surface area contributed by atoms with Crippen molar-refractivity contribution in [3.63, 3.8) is 0 Å². The van der Waals surface area contributed by atoms with Gasteiger partial charge in [0.2, 0.25) is 5.91 Å². The van der Waals surface area contributed by atoms with Crippen molar-refractivity contribution >= 4 is 5.91 Å². The van der Waals surface area contributed by atoms with E-state index in [-0.39, 0.29) is 5.91 Å². The molecule has 1 unspecified atom stereocenters. The van der Waals surface area contributed by atoms with Crippen molar-refractivity contribution in [2.75, 3.05) is 26.2 Å². The summed E-state index contributed by atoms with van der Waals surface area (Å²) in [4.78, 5) is 15.3. The summed E-state index contributed by atoms with van der Waals surface area (Å²) in [6, 6.07) is 0. The molecule has 1 heterocycles. The minimum atomic E-state index is -0.465. The number of carbonyl (C=O) groups excluding carboxylic acids is 1. The smallest absolute Gasteiger partial charge is 0.236 e. The van der Waals surface area contributed by atoms with Crippen molar-refractivity contribution in [3.05, 3.63) is 0 Å². The maximum Gasteiger partial charge on any atom is 0.236 e. The third-order valence-electron chi connectivity index (χ3n) is 2.83. The molecule has 4 heteroatoms. The fourth-order valence-corrected chi connectivity index (χ4v) is 1.89. The Morgan fingerprint density at radius 3 is 2.53 bits per heavy atom. The Morgan fingerprint density at radius 1 is 1.40 bits per heavy atom. The number of nitrogens with zero attached hydrogens (tertiary/aromatic N) is 2. The maximum atomic E-state index is 11.6. The van der Waals surface area contributed by atoms with Crippen LogP contribution in [0, 0.1) is 5.92 Å². The van der Waals surface area contributed by atoms with Gasteiger partial charge in [-0.05, 0) is 19.3 Å².